The molecule has 1 heterocycles. The second kappa shape index (κ2) is 2.45. The van der Waals surface area contributed by atoms with Crippen molar-refractivity contribution in [3.8, 4) is 0 Å². The Balaban J connectivity index is 2.87. The highest BCUT2D eigenvalue weighted by molar-refractivity contribution is 6.32. The van der Waals surface area contributed by atoms with E-state index < -0.39 is 0 Å². The minimum absolute atomic E-state index is 0.757. The van der Waals surface area contributed by atoms with E-state index in [2.05, 4.69) is 10.3 Å². The Morgan fingerprint density at radius 3 is 2.92 bits per heavy atom. The zero-order chi connectivity index (χ0) is 8.72. The Labute approximate surface area is 74.9 Å². The summed E-state index contributed by atoms with van der Waals surface area (Å²) in [7, 11) is 1.85. The summed E-state index contributed by atoms with van der Waals surface area (Å²) < 4.78 is 1.71. The average molecular weight is 182 g/mol. The zero-order valence-electron chi connectivity index (χ0n) is 6.87. The van der Waals surface area contributed by atoms with Gasteiger partial charge in [0.15, 0.2) is 0 Å². The van der Waals surface area contributed by atoms with Gasteiger partial charge in [-0.25, -0.2) is 4.68 Å². The first-order valence-corrected chi connectivity index (χ1v) is 4.02. The van der Waals surface area contributed by atoms with Crippen molar-refractivity contribution in [2.75, 3.05) is 0 Å². The van der Waals surface area contributed by atoms with Gasteiger partial charge in [-0.2, -0.15) is 0 Å². The highest BCUT2D eigenvalue weighted by atomic mass is 35.5. The van der Waals surface area contributed by atoms with E-state index in [9.17, 15) is 0 Å². The van der Waals surface area contributed by atoms with Crippen molar-refractivity contribution in [3.63, 3.8) is 0 Å². The molecule has 0 unspecified atom stereocenters. The third-order valence-corrected chi connectivity index (χ3v) is 2.30. The minimum atomic E-state index is 0.757. The van der Waals surface area contributed by atoms with Gasteiger partial charge in [0.1, 0.15) is 5.52 Å². The molecule has 0 fully saturated rings. The second-order valence-corrected chi connectivity index (χ2v) is 3.21. The van der Waals surface area contributed by atoms with Crippen LogP contribution in [0.1, 0.15) is 5.56 Å². The van der Waals surface area contributed by atoms with Gasteiger partial charge in [-0.15, -0.1) is 5.10 Å². The lowest BCUT2D eigenvalue weighted by molar-refractivity contribution is 0.736. The van der Waals surface area contributed by atoms with Crippen LogP contribution in [0.4, 0.5) is 0 Å². The largest absolute Gasteiger partial charge is 0.248 e. The fourth-order valence-corrected chi connectivity index (χ4v) is 1.32. The molecule has 2 aromatic rings. The molecule has 0 radical (unpaired) electrons. The third-order valence-electron chi connectivity index (χ3n) is 1.89. The van der Waals surface area contributed by atoms with Crippen LogP contribution >= 0.6 is 11.6 Å². The van der Waals surface area contributed by atoms with Crippen LogP contribution in [-0.4, -0.2) is 15.0 Å². The number of hydrogen-bond donors (Lipinski definition) is 0. The minimum Gasteiger partial charge on any atom is -0.248 e. The first kappa shape index (κ1) is 7.55. The molecular formula is C8H8ClN3. The van der Waals surface area contributed by atoms with Crippen LogP contribution < -0.4 is 0 Å². The Morgan fingerprint density at radius 2 is 2.17 bits per heavy atom. The molecular weight excluding hydrogens is 174 g/mol. The predicted octanol–water partition coefficient (Wildman–Crippen LogP) is 1.93. The summed E-state index contributed by atoms with van der Waals surface area (Å²) in [6, 6.07) is 3.82. The molecule has 3 nitrogen and oxygen atoms in total. The van der Waals surface area contributed by atoms with E-state index in [1.807, 2.05) is 26.1 Å². The van der Waals surface area contributed by atoms with Gasteiger partial charge in [-0.05, 0) is 24.6 Å². The van der Waals surface area contributed by atoms with Crippen LogP contribution in [0, 0.1) is 6.92 Å². The molecule has 0 aliphatic heterocycles. The summed E-state index contributed by atoms with van der Waals surface area (Å²) in [5.74, 6) is 0. The predicted molar refractivity (Wildman–Crippen MR) is 48.3 cm³/mol. The SMILES string of the molecule is Cc1cc2nnn(C)c2cc1Cl. The maximum atomic E-state index is 5.95. The number of fused-ring (bicyclic) bond motifs is 1. The Kier molecular flexibility index (Phi) is 1.54. The number of aromatic nitrogens is 3. The van der Waals surface area contributed by atoms with Gasteiger partial charge in [0.2, 0.25) is 0 Å². The molecule has 0 spiro atoms. The van der Waals surface area contributed by atoms with Crippen LogP contribution in [0.15, 0.2) is 12.1 Å². The highest BCUT2D eigenvalue weighted by Gasteiger charge is 2.03. The lowest BCUT2D eigenvalue weighted by Crippen LogP contribution is -1.89. The van der Waals surface area contributed by atoms with Crippen molar-refractivity contribution in [1.29, 1.82) is 0 Å². The van der Waals surface area contributed by atoms with Crippen LogP contribution in [0.5, 0.6) is 0 Å². The van der Waals surface area contributed by atoms with Crippen molar-refractivity contribution in [1.82, 2.24) is 15.0 Å². The number of benzene rings is 1. The molecule has 4 heteroatoms. The smallest absolute Gasteiger partial charge is 0.113 e. The van der Waals surface area contributed by atoms with E-state index in [1.165, 1.54) is 0 Å². The van der Waals surface area contributed by atoms with Crippen molar-refractivity contribution >= 4 is 22.6 Å². The summed E-state index contributed by atoms with van der Waals surface area (Å²) in [4.78, 5) is 0. The molecule has 0 saturated heterocycles. The monoisotopic (exact) mass is 181 g/mol. The topological polar surface area (TPSA) is 30.7 Å². The fourth-order valence-electron chi connectivity index (χ4n) is 1.16. The van der Waals surface area contributed by atoms with Crippen LogP contribution in [0.3, 0.4) is 0 Å². The second-order valence-electron chi connectivity index (χ2n) is 2.80. The van der Waals surface area contributed by atoms with E-state index in [0.29, 0.717) is 0 Å². The molecule has 0 bridgehead atoms. The van der Waals surface area contributed by atoms with Crippen molar-refractivity contribution in [2.24, 2.45) is 7.05 Å². The van der Waals surface area contributed by atoms with Crippen LogP contribution in [0.2, 0.25) is 5.02 Å². The average Bonchev–Trinajstić information content (AvgIpc) is 2.35. The van der Waals surface area contributed by atoms with Gasteiger partial charge < -0.3 is 0 Å². The van der Waals surface area contributed by atoms with Crippen LogP contribution in [0.25, 0.3) is 11.0 Å². The number of halogens is 1. The van der Waals surface area contributed by atoms with E-state index in [1.54, 1.807) is 4.68 Å². The maximum absolute atomic E-state index is 5.95. The van der Waals surface area contributed by atoms with E-state index in [4.69, 9.17) is 11.6 Å². The molecule has 0 aliphatic carbocycles. The molecule has 12 heavy (non-hydrogen) atoms. The number of rotatable bonds is 0. The van der Waals surface area contributed by atoms with Gasteiger partial charge in [0.25, 0.3) is 0 Å². The number of hydrogen-bond acceptors (Lipinski definition) is 2. The summed E-state index contributed by atoms with van der Waals surface area (Å²) in [5, 5.41) is 8.62. The van der Waals surface area contributed by atoms with Gasteiger partial charge in [-0.1, -0.05) is 16.8 Å². The molecule has 0 N–H and O–H groups in total. The van der Waals surface area contributed by atoms with Gasteiger partial charge >= 0.3 is 0 Å². The molecule has 0 atom stereocenters. The lowest BCUT2D eigenvalue weighted by atomic mass is 10.2. The Hall–Kier alpha value is -1.09. The number of nitrogens with zero attached hydrogens (tertiary/aromatic N) is 3. The zero-order valence-corrected chi connectivity index (χ0v) is 7.63. The van der Waals surface area contributed by atoms with Gasteiger partial charge in [-0.3, -0.25) is 0 Å². The first-order chi connectivity index (χ1) is 5.68. The van der Waals surface area contributed by atoms with Crippen molar-refractivity contribution in [2.45, 2.75) is 6.92 Å². The van der Waals surface area contributed by atoms with E-state index >= 15 is 0 Å². The summed E-state index contributed by atoms with van der Waals surface area (Å²) in [6.45, 7) is 1.95. The first-order valence-electron chi connectivity index (χ1n) is 3.64. The molecule has 1 aromatic carbocycles. The van der Waals surface area contributed by atoms with E-state index in [-0.39, 0.29) is 0 Å². The fraction of sp³-hybridized carbons (Fsp3) is 0.250. The normalized spacial score (nSPS) is 10.9. The van der Waals surface area contributed by atoms with Gasteiger partial charge in [0.05, 0.1) is 5.52 Å². The van der Waals surface area contributed by atoms with Crippen LogP contribution in [-0.2, 0) is 7.05 Å². The summed E-state index contributed by atoms with van der Waals surface area (Å²) in [5.41, 5.74) is 2.88. The summed E-state index contributed by atoms with van der Waals surface area (Å²) >= 11 is 5.95. The lowest BCUT2D eigenvalue weighted by Gasteiger charge is -1.96. The Morgan fingerprint density at radius 1 is 1.42 bits per heavy atom. The molecule has 0 aliphatic rings. The molecule has 2 rings (SSSR count). The summed E-state index contributed by atoms with van der Waals surface area (Å²) in [6.07, 6.45) is 0. The van der Waals surface area contributed by atoms with Crippen molar-refractivity contribution < 1.29 is 0 Å². The maximum Gasteiger partial charge on any atom is 0.113 e. The standard InChI is InChI=1S/C8H8ClN3/c1-5-3-7-8(4-6(5)9)12(2)11-10-7/h3-4H,1-2H3. The van der Waals surface area contributed by atoms with E-state index in [0.717, 1.165) is 21.6 Å². The molecule has 0 amide bonds. The Bertz CT molecular complexity index is 433. The quantitative estimate of drug-likeness (QED) is 0.622. The van der Waals surface area contributed by atoms with Crippen molar-refractivity contribution in [3.05, 3.63) is 22.7 Å². The number of aryl methyl sites for hydroxylation is 2. The molecule has 62 valence electrons. The molecule has 0 saturated carbocycles. The third kappa shape index (κ3) is 0.975. The van der Waals surface area contributed by atoms with Gasteiger partial charge in [0, 0.05) is 12.1 Å². The molecule has 1 aromatic heterocycles. The highest BCUT2D eigenvalue weighted by Crippen LogP contribution is 2.20.